The molecular weight excluding hydrogens is 553 g/mol. The summed E-state index contributed by atoms with van der Waals surface area (Å²) in [5, 5.41) is 15.3. The van der Waals surface area contributed by atoms with Gasteiger partial charge in [-0.15, -0.1) is 0 Å². The van der Waals surface area contributed by atoms with Gasteiger partial charge in [0.15, 0.2) is 17.3 Å². The van der Waals surface area contributed by atoms with E-state index in [2.05, 4.69) is 33.1 Å². The first-order valence-corrected chi connectivity index (χ1v) is 11.1. The normalized spacial score (nSPS) is 11.0. The van der Waals surface area contributed by atoms with Crippen molar-refractivity contribution in [2.45, 2.75) is 6.61 Å². The van der Waals surface area contributed by atoms with Crippen LogP contribution in [-0.2, 0) is 6.61 Å². The Labute approximate surface area is 207 Å². The summed E-state index contributed by atoms with van der Waals surface area (Å²) in [6.45, 7) is 0.400. The van der Waals surface area contributed by atoms with Gasteiger partial charge in [-0.25, -0.2) is 5.43 Å². The number of fused-ring (bicyclic) bond motifs is 1. The molecule has 1 amide bonds. The number of hydrazone groups is 1. The van der Waals surface area contributed by atoms with Crippen LogP contribution in [0.25, 0.3) is 11.0 Å². The minimum Gasteiger partial charge on any atom is -0.493 e. The number of non-ortho nitro benzene ring substituents is 1. The maximum Gasteiger partial charge on any atom is 0.307 e. The summed E-state index contributed by atoms with van der Waals surface area (Å²) in [6, 6.07) is 18.9. The molecule has 0 saturated carbocycles. The number of methoxy groups -OCH3 is 1. The van der Waals surface area contributed by atoms with Gasteiger partial charge in [-0.2, -0.15) is 5.10 Å². The molecule has 1 aromatic heterocycles. The van der Waals surface area contributed by atoms with E-state index in [1.165, 1.54) is 30.5 Å². The van der Waals surface area contributed by atoms with Gasteiger partial charge in [0.25, 0.3) is 5.69 Å². The quantitative estimate of drug-likeness (QED) is 0.133. The van der Waals surface area contributed by atoms with Crippen LogP contribution in [0.4, 0.5) is 5.69 Å². The van der Waals surface area contributed by atoms with Gasteiger partial charge in [0, 0.05) is 17.5 Å². The summed E-state index contributed by atoms with van der Waals surface area (Å²) >= 11 is 2.15. The van der Waals surface area contributed by atoms with Crippen molar-refractivity contribution >= 4 is 51.4 Å². The smallest absolute Gasteiger partial charge is 0.307 e. The van der Waals surface area contributed by atoms with E-state index in [0.717, 1.165) is 9.13 Å². The van der Waals surface area contributed by atoms with E-state index in [0.29, 0.717) is 34.6 Å². The second-order valence-electron chi connectivity index (χ2n) is 7.10. The largest absolute Gasteiger partial charge is 0.493 e. The molecule has 34 heavy (non-hydrogen) atoms. The summed E-state index contributed by atoms with van der Waals surface area (Å²) in [4.78, 5) is 22.8. The van der Waals surface area contributed by atoms with Crippen LogP contribution in [0, 0.1) is 13.7 Å². The number of ether oxygens (including phenoxy) is 2. The number of nitrogens with zero attached hydrogens (tertiary/aromatic N) is 2. The number of halogens is 1. The van der Waals surface area contributed by atoms with Gasteiger partial charge in [0.05, 0.1) is 21.8 Å². The number of hydrogen-bond donors (Lipinski definition) is 1. The standard InChI is InChI=1S/C24H18IN3O6/c1-32-21-10-16(9-19(25)23(21)33-14-15-5-3-2-4-6-15)13-26-27-24(29)22-12-17-11-18(28(30)31)7-8-20(17)34-22/h2-13H,14H2,1H3,(H,27,29)/b26-13+. The number of rotatable bonds is 8. The van der Waals surface area contributed by atoms with Gasteiger partial charge < -0.3 is 13.9 Å². The fourth-order valence-electron chi connectivity index (χ4n) is 3.16. The van der Waals surface area contributed by atoms with Crippen LogP contribution in [-0.4, -0.2) is 24.2 Å². The second kappa shape index (κ2) is 10.3. The number of nitrogens with one attached hydrogen (secondary N) is 1. The molecule has 3 aromatic carbocycles. The maximum atomic E-state index is 12.4. The molecule has 172 valence electrons. The molecule has 0 aliphatic carbocycles. The Morgan fingerprint density at radius 2 is 1.97 bits per heavy atom. The summed E-state index contributed by atoms with van der Waals surface area (Å²) < 4.78 is 17.7. The first kappa shape index (κ1) is 23.2. The van der Waals surface area contributed by atoms with Gasteiger partial charge in [-0.3, -0.25) is 14.9 Å². The van der Waals surface area contributed by atoms with Crippen LogP contribution < -0.4 is 14.9 Å². The van der Waals surface area contributed by atoms with Crippen LogP contribution in [0.15, 0.2) is 76.2 Å². The monoisotopic (exact) mass is 571 g/mol. The Morgan fingerprint density at radius 1 is 1.18 bits per heavy atom. The van der Waals surface area contributed by atoms with Crippen LogP contribution in [0.2, 0.25) is 0 Å². The zero-order chi connectivity index (χ0) is 24.1. The number of carbonyl (C=O) groups is 1. The van der Waals surface area contributed by atoms with Crippen molar-refractivity contribution in [1.82, 2.24) is 5.43 Å². The lowest BCUT2D eigenvalue weighted by molar-refractivity contribution is -0.384. The number of nitro groups is 1. The fraction of sp³-hybridized carbons (Fsp3) is 0.0833. The average molecular weight is 571 g/mol. The fourth-order valence-corrected chi connectivity index (χ4v) is 3.94. The van der Waals surface area contributed by atoms with Crippen LogP contribution >= 0.6 is 22.6 Å². The lowest BCUT2D eigenvalue weighted by Crippen LogP contribution is -2.16. The van der Waals surface area contributed by atoms with Gasteiger partial charge in [0.2, 0.25) is 0 Å². The molecule has 0 atom stereocenters. The van der Waals surface area contributed by atoms with Crippen molar-refractivity contribution in [3.05, 3.63) is 97.3 Å². The molecule has 1 N–H and O–H groups in total. The van der Waals surface area contributed by atoms with E-state index in [9.17, 15) is 14.9 Å². The molecule has 4 rings (SSSR count). The molecule has 0 spiro atoms. The van der Waals surface area contributed by atoms with E-state index in [-0.39, 0.29) is 11.4 Å². The van der Waals surface area contributed by atoms with Crippen LogP contribution in [0.5, 0.6) is 11.5 Å². The third-order valence-corrected chi connectivity index (χ3v) is 5.59. The summed E-state index contributed by atoms with van der Waals surface area (Å²) in [7, 11) is 1.55. The lowest BCUT2D eigenvalue weighted by Gasteiger charge is -2.13. The first-order valence-electron chi connectivity index (χ1n) is 10.0. The highest BCUT2D eigenvalue weighted by molar-refractivity contribution is 14.1. The van der Waals surface area contributed by atoms with Crippen LogP contribution in [0.3, 0.4) is 0 Å². The van der Waals surface area contributed by atoms with Crippen LogP contribution in [0.1, 0.15) is 21.7 Å². The highest BCUT2D eigenvalue weighted by Crippen LogP contribution is 2.34. The van der Waals surface area contributed by atoms with E-state index in [1.54, 1.807) is 13.2 Å². The van der Waals surface area contributed by atoms with Crippen molar-refractivity contribution < 1.29 is 23.6 Å². The van der Waals surface area contributed by atoms with Crippen molar-refractivity contribution in [3.63, 3.8) is 0 Å². The number of amides is 1. The Balaban J connectivity index is 1.44. The van der Waals surface area contributed by atoms with E-state index >= 15 is 0 Å². The minimum atomic E-state index is -0.584. The van der Waals surface area contributed by atoms with Gasteiger partial charge in [0.1, 0.15) is 12.2 Å². The third-order valence-electron chi connectivity index (χ3n) is 4.79. The molecule has 0 bridgehead atoms. The molecule has 9 nitrogen and oxygen atoms in total. The van der Waals surface area contributed by atoms with Crippen molar-refractivity contribution in [3.8, 4) is 11.5 Å². The highest BCUT2D eigenvalue weighted by Gasteiger charge is 2.15. The number of hydrogen-bond acceptors (Lipinski definition) is 7. The molecule has 4 aromatic rings. The zero-order valence-electron chi connectivity index (χ0n) is 17.9. The highest BCUT2D eigenvalue weighted by atomic mass is 127. The van der Waals surface area contributed by atoms with Gasteiger partial charge >= 0.3 is 5.91 Å². The van der Waals surface area contributed by atoms with E-state index in [4.69, 9.17) is 13.9 Å². The molecule has 10 heteroatoms. The number of benzene rings is 3. The Morgan fingerprint density at radius 3 is 2.71 bits per heavy atom. The predicted molar refractivity (Wildman–Crippen MR) is 134 cm³/mol. The topological polar surface area (TPSA) is 116 Å². The Kier molecular flexibility index (Phi) is 7.07. The van der Waals surface area contributed by atoms with Crippen molar-refractivity contribution in [2.75, 3.05) is 7.11 Å². The minimum absolute atomic E-state index is 0.00975. The number of carbonyl (C=O) groups excluding carboxylic acids is 1. The van der Waals surface area contributed by atoms with Gasteiger partial charge in [-0.05, 0) is 58.0 Å². The van der Waals surface area contributed by atoms with E-state index < -0.39 is 10.8 Å². The SMILES string of the molecule is COc1cc(/C=N/NC(=O)c2cc3cc([N+](=O)[O-])ccc3o2)cc(I)c1OCc1ccccc1. The van der Waals surface area contributed by atoms with Crippen molar-refractivity contribution in [1.29, 1.82) is 0 Å². The molecule has 0 aliphatic rings. The molecule has 0 radical (unpaired) electrons. The van der Waals surface area contributed by atoms with Gasteiger partial charge in [-0.1, -0.05) is 30.3 Å². The predicted octanol–water partition coefficient (Wildman–Crippen LogP) is 5.30. The maximum absolute atomic E-state index is 12.4. The molecule has 0 unspecified atom stereocenters. The Bertz CT molecular complexity index is 1380. The third kappa shape index (κ3) is 5.34. The summed E-state index contributed by atoms with van der Waals surface area (Å²) in [5.74, 6) is 0.558. The van der Waals surface area contributed by atoms with Crippen molar-refractivity contribution in [2.24, 2.45) is 5.10 Å². The lowest BCUT2D eigenvalue weighted by atomic mass is 10.2. The summed E-state index contributed by atoms with van der Waals surface area (Å²) in [6.07, 6.45) is 1.47. The zero-order valence-corrected chi connectivity index (χ0v) is 20.0. The molecule has 0 saturated heterocycles. The first-order chi connectivity index (χ1) is 16.4. The number of furan rings is 1. The number of nitro benzene ring substituents is 1. The average Bonchev–Trinajstić information content (AvgIpc) is 3.27. The second-order valence-corrected chi connectivity index (χ2v) is 8.26. The molecular formula is C24H18IN3O6. The molecule has 0 fully saturated rings. The van der Waals surface area contributed by atoms with E-state index in [1.807, 2.05) is 36.4 Å². The molecule has 1 heterocycles. The molecule has 0 aliphatic heterocycles. The summed E-state index contributed by atoms with van der Waals surface area (Å²) in [5.41, 5.74) is 4.40. The Hall–Kier alpha value is -3.93.